The van der Waals surface area contributed by atoms with Crippen molar-refractivity contribution >= 4 is 61.0 Å². The SMILES string of the molecule is CC(C)(C)OC(=O)CNc1nccc(C(C#N)c2nc3ccccc3s2)n1.N#CC(c1ccnc(NCCc2ccc(O)cc2)n1)c1nc2ccccc2s1. The third kappa shape index (κ3) is 10.3. The number of carbonyl (C=O) groups excluding carboxylic acids is 1. The lowest BCUT2D eigenvalue weighted by atomic mass is 10.1. The molecule has 13 nitrogen and oxygen atoms in total. The molecular weight excluding hydrogens is 733 g/mol. The highest BCUT2D eigenvalue weighted by Crippen LogP contribution is 2.32. The van der Waals surface area contributed by atoms with E-state index in [1.165, 1.54) is 22.7 Å². The van der Waals surface area contributed by atoms with Gasteiger partial charge in [0, 0.05) is 18.9 Å². The van der Waals surface area contributed by atoms with Crippen LogP contribution in [-0.4, -0.2) is 59.7 Å². The quantitative estimate of drug-likeness (QED) is 0.109. The van der Waals surface area contributed by atoms with Gasteiger partial charge in [-0.05, 0) is 81.3 Å². The van der Waals surface area contributed by atoms with E-state index in [-0.39, 0.29) is 18.2 Å². The molecule has 0 amide bonds. The van der Waals surface area contributed by atoms with Gasteiger partial charge in [-0.3, -0.25) is 4.79 Å². The molecule has 4 heterocycles. The number of hydrogen-bond acceptors (Lipinski definition) is 15. The first-order valence-corrected chi connectivity index (χ1v) is 18.9. The van der Waals surface area contributed by atoms with E-state index < -0.39 is 23.4 Å². The van der Waals surface area contributed by atoms with E-state index >= 15 is 0 Å². The molecule has 0 bridgehead atoms. The molecule has 7 rings (SSSR count). The molecular formula is C40H36N10O3S2. The van der Waals surface area contributed by atoms with Crippen LogP contribution in [0.5, 0.6) is 5.75 Å². The first kappa shape index (κ1) is 38.2. The molecule has 3 N–H and O–H groups in total. The van der Waals surface area contributed by atoms with Gasteiger partial charge in [0.15, 0.2) is 0 Å². The molecule has 2 atom stereocenters. The first-order valence-electron chi connectivity index (χ1n) is 17.2. The normalized spacial score (nSPS) is 12.1. The van der Waals surface area contributed by atoms with Crippen molar-refractivity contribution in [2.24, 2.45) is 0 Å². The summed E-state index contributed by atoms with van der Waals surface area (Å²) in [5.74, 6) is -0.535. The van der Waals surface area contributed by atoms with Crippen molar-refractivity contribution in [3.63, 3.8) is 0 Å². The summed E-state index contributed by atoms with van der Waals surface area (Å²) < 4.78 is 7.32. The van der Waals surface area contributed by atoms with Crippen LogP contribution in [0.4, 0.5) is 11.9 Å². The number of benzene rings is 3. The Morgan fingerprint density at radius 3 is 1.75 bits per heavy atom. The number of para-hydroxylation sites is 2. The topological polar surface area (TPSA) is 196 Å². The standard InChI is InChI=1S/C21H17N5OS.C19H19N5O2S/c22-13-16(20-25-18-3-1-2-4-19(18)28-20)17-10-12-24-21(26-17)23-11-9-14-5-7-15(27)8-6-14;1-19(2,3)26-16(25)11-22-18-21-9-8-13(24-18)12(10-20)17-23-14-6-4-5-7-15(14)27-17/h1-8,10,12,16,27H,9,11H2,(H,23,24,26);4-9,12H,11H2,1-3H3,(H,21,22,24). The highest BCUT2D eigenvalue weighted by atomic mass is 32.1. The van der Waals surface area contributed by atoms with E-state index in [0.29, 0.717) is 28.9 Å². The number of thiazole rings is 2. The van der Waals surface area contributed by atoms with Gasteiger partial charge in [-0.1, -0.05) is 36.4 Å². The number of nitriles is 2. The van der Waals surface area contributed by atoms with Crippen molar-refractivity contribution in [2.75, 3.05) is 23.7 Å². The molecule has 0 spiro atoms. The van der Waals surface area contributed by atoms with Crippen molar-refractivity contribution in [1.29, 1.82) is 10.5 Å². The van der Waals surface area contributed by atoms with Gasteiger partial charge in [0.05, 0.1) is 44.0 Å². The zero-order chi connectivity index (χ0) is 38.8. The number of fused-ring (bicyclic) bond motifs is 2. The molecule has 7 aromatic rings. The van der Waals surface area contributed by atoms with Crippen LogP contribution in [0.1, 0.15) is 59.6 Å². The third-order valence-electron chi connectivity index (χ3n) is 7.76. The molecule has 0 saturated carbocycles. The summed E-state index contributed by atoms with van der Waals surface area (Å²) in [4.78, 5) is 38.2. The Kier molecular flexibility index (Phi) is 12.2. The van der Waals surface area contributed by atoms with E-state index in [4.69, 9.17) is 4.74 Å². The Bertz CT molecular complexity index is 2420. The maximum atomic E-state index is 11.8. The van der Waals surface area contributed by atoms with Gasteiger partial charge in [-0.15, -0.1) is 22.7 Å². The van der Waals surface area contributed by atoms with Crippen molar-refractivity contribution in [2.45, 2.75) is 44.6 Å². The summed E-state index contributed by atoms with van der Waals surface area (Å²) >= 11 is 2.98. The fraction of sp³-hybridized carbons (Fsp3) is 0.225. The van der Waals surface area contributed by atoms with Crippen LogP contribution in [0, 0.1) is 22.7 Å². The number of aromatic nitrogens is 6. The molecule has 276 valence electrons. The third-order valence-corrected chi connectivity index (χ3v) is 9.97. The van der Waals surface area contributed by atoms with E-state index in [0.717, 1.165) is 37.4 Å². The minimum absolute atomic E-state index is 0.0565. The van der Waals surface area contributed by atoms with E-state index in [9.17, 15) is 20.4 Å². The Hall–Kier alpha value is -6.55. The number of phenols is 1. The second kappa shape index (κ2) is 17.5. The second-order valence-corrected chi connectivity index (χ2v) is 15.2. The van der Waals surface area contributed by atoms with Gasteiger partial charge < -0.3 is 20.5 Å². The summed E-state index contributed by atoms with van der Waals surface area (Å²) in [6.07, 6.45) is 3.98. The number of carbonyl (C=O) groups is 1. The number of esters is 1. The van der Waals surface area contributed by atoms with Gasteiger partial charge in [-0.25, -0.2) is 29.9 Å². The van der Waals surface area contributed by atoms with Crippen LogP contribution in [0.3, 0.4) is 0 Å². The van der Waals surface area contributed by atoms with Gasteiger partial charge in [0.25, 0.3) is 0 Å². The predicted molar refractivity (Wildman–Crippen MR) is 213 cm³/mol. The molecule has 0 radical (unpaired) electrons. The monoisotopic (exact) mass is 768 g/mol. The smallest absolute Gasteiger partial charge is 0.325 e. The Balaban J connectivity index is 0.000000187. The first-order chi connectivity index (χ1) is 26.6. The number of anilines is 2. The fourth-order valence-electron chi connectivity index (χ4n) is 5.27. The van der Waals surface area contributed by atoms with E-state index in [1.54, 1.807) is 57.4 Å². The highest BCUT2D eigenvalue weighted by molar-refractivity contribution is 7.19. The summed E-state index contributed by atoms with van der Waals surface area (Å²) in [5.41, 5.74) is 3.45. The maximum absolute atomic E-state index is 11.8. The molecule has 3 aromatic carbocycles. The number of phenolic OH excluding ortho intramolecular Hbond substituents is 1. The van der Waals surface area contributed by atoms with Crippen molar-refractivity contribution in [3.8, 4) is 17.9 Å². The van der Waals surface area contributed by atoms with E-state index in [2.05, 4.69) is 52.7 Å². The fourth-order valence-corrected chi connectivity index (χ4v) is 7.32. The number of nitrogens with one attached hydrogen (secondary N) is 2. The number of rotatable bonds is 11. The Labute approximate surface area is 325 Å². The lowest BCUT2D eigenvalue weighted by Gasteiger charge is -2.19. The van der Waals surface area contributed by atoms with Crippen LogP contribution in [-0.2, 0) is 16.0 Å². The molecule has 2 unspecified atom stereocenters. The Morgan fingerprint density at radius 2 is 1.25 bits per heavy atom. The zero-order valence-electron chi connectivity index (χ0n) is 30.2. The molecule has 0 aliphatic heterocycles. The molecule has 0 saturated heterocycles. The molecule has 15 heteroatoms. The summed E-state index contributed by atoms with van der Waals surface area (Å²) in [5, 5.41) is 36.2. The number of aromatic hydroxyl groups is 1. The van der Waals surface area contributed by atoms with Gasteiger partial charge in [0.2, 0.25) is 11.9 Å². The summed E-state index contributed by atoms with van der Waals surface area (Å²) in [6.45, 7) is 6.00. The second-order valence-electron chi connectivity index (χ2n) is 13.1. The van der Waals surface area contributed by atoms with Crippen LogP contribution < -0.4 is 10.6 Å². The molecule has 4 aromatic heterocycles. The summed E-state index contributed by atoms with van der Waals surface area (Å²) in [6, 6.07) is 30.7. The van der Waals surface area contributed by atoms with Gasteiger partial charge in [-0.2, -0.15) is 10.5 Å². The van der Waals surface area contributed by atoms with Gasteiger partial charge >= 0.3 is 5.97 Å². The Morgan fingerprint density at radius 1 is 0.745 bits per heavy atom. The number of nitrogens with zero attached hydrogens (tertiary/aromatic N) is 8. The van der Waals surface area contributed by atoms with Crippen LogP contribution in [0.15, 0.2) is 97.3 Å². The van der Waals surface area contributed by atoms with E-state index in [1.807, 2.05) is 60.7 Å². The van der Waals surface area contributed by atoms with Crippen LogP contribution in [0.25, 0.3) is 20.4 Å². The number of ether oxygens (including phenoxy) is 1. The van der Waals surface area contributed by atoms with Crippen molar-refractivity contribution in [1.82, 2.24) is 29.9 Å². The maximum Gasteiger partial charge on any atom is 0.325 e. The highest BCUT2D eigenvalue weighted by Gasteiger charge is 2.22. The lowest BCUT2D eigenvalue weighted by molar-refractivity contribution is -0.152. The van der Waals surface area contributed by atoms with Crippen molar-refractivity contribution < 1.29 is 14.6 Å². The van der Waals surface area contributed by atoms with Crippen LogP contribution >= 0.6 is 22.7 Å². The largest absolute Gasteiger partial charge is 0.508 e. The average Bonchev–Trinajstić information content (AvgIpc) is 3.80. The summed E-state index contributed by atoms with van der Waals surface area (Å²) in [7, 11) is 0. The van der Waals surface area contributed by atoms with Crippen molar-refractivity contribution in [3.05, 3.63) is 124 Å². The molecule has 0 fully saturated rings. The zero-order valence-corrected chi connectivity index (χ0v) is 31.8. The lowest BCUT2D eigenvalue weighted by Crippen LogP contribution is -2.28. The van der Waals surface area contributed by atoms with Gasteiger partial charge in [0.1, 0.15) is 39.7 Å². The minimum Gasteiger partial charge on any atom is -0.508 e. The number of hydrogen-bond donors (Lipinski definition) is 3. The predicted octanol–water partition coefficient (Wildman–Crippen LogP) is 7.60. The minimum atomic E-state index is -0.604. The average molecular weight is 769 g/mol. The molecule has 55 heavy (non-hydrogen) atoms. The van der Waals surface area contributed by atoms with Crippen LogP contribution in [0.2, 0.25) is 0 Å². The molecule has 0 aliphatic carbocycles. The molecule has 0 aliphatic rings.